The van der Waals surface area contributed by atoms with Crippen LogP contribution >= 0.6 is 0 Å². The van der Waals surface area contributed by atoms with Gasteiger partial charge in [0.2, 0.25) is 0 Å². The van der Waals surface area contributed by atoms with E-state index in [-0.39, 0.29) is 11.9 Å². The molecule has 1 heterocycles. The fraction of sp³-hybridized carbons (Fsp3) is 0.333. The lowest BCUT2D eigenvalue weighted by Crippen LogP contribution is -2.26. The summed E-state index contributed by atoms with van der Waals surface area (Å²) in [5.41, 5.74) is 1.38. The molecular formula is C15H19N3O3. The van der Waals surface area contributed by atoms with Gasteiger partial charge in [0.05, 0.1) is 32.0 Å². The molecule has 0 unspecified atom stereocenters. The maximum atomic E-state index is 12.4. The van der Waals surface area contributed by atoms with Crippen molar-refractivity contribution in [2.24, 2.45) is 7.05 Å². The smallest absolute Gasteiger partial charge is 0.255 e. The molecule has 1 amide bonds. The summed E-state index contributed by atoms with van der Waals surface area (Å²) in [7, 11) is 4.89. The number of aromatic nitrogens is 2. The summed E-state index contributed by atoms with van der Waals surface area (Å²) in [6.45, 7) is 1.90. The molecule has 0 aliphatic rings. The molecule has 0 radical (unpaired) electrons. The van der Waals surface area contributed by atoms with Gasteiger partial charge in [-0.3, -0.25) is 9.48 Å². The molecule has 0 spiro atoms. The lowest BCUT2D eigenvalue weighted by Gasteiger charge is -2.15. The Morgan fingerprint density at radius 1 is 1.33 bits per heavy atom. The van der Waals surface area contributed by atoms with Crippen molar-refractivity contribution >= 4 is 5.91 Å². The minimum atomic E-state index is -0.220. The van der Waals surface area contributed by atoms with E-state index in [1.54, 1.807) is 29.1 Å². The third-order valence-electron chi connectivity index (χ3n) is 3.22. The molecule has 0 aliphatic carbocycles. The maximum absolute atomic E-state index is 12.4. The number of carbonyl (C=O) groups is 1. The minimum absolute atomic E-state index is 0.151. The summed E-state index contributed by atoms with van der Waals surface area (Å²) in [6, 6.07) is 5.06. The Kier molecular flexibility index (Phi) is 4.47. The third kappa shape index (κ3) is 3.16. The first-order valence-electron chi connectivity index (χ1n) is 6.57. The van der Waals surface area contributed by atoms with Crippen LogP contribution in [0.25, 0.3) is 0 Å². The Morgan fingerprint density at radius 3 is 2.67 bits per heavy atom. The second-order valence-corrected chi connectivity index (χ2v) is 4.68. The number of nitrogens with zero attached hydrogens (tertiary/aromatic N) is 2. The van der Waals surface area contributed by atoms with Crippen molar-refractivity contribution in [2.75, 3.05) is 14.2 Å². The Morgan fingerprint density at radius 2 is 2.10 bits per heavy atom. The number of rotatable bonds is 5. The average Bonchev–Trinajstić information content (AvgIpc) is 2.92. The van der Waals surface area contributed by atoms with Gasteiger partial charge in [-0.2, -0.15) is 5.10 Å². The number of nitrogens with one attached hydrogen (secondary N) is 1. The van der Waals surface area contributed by atoms with Crippen molar-refractivity contribution in [3.8, 4) is 11.5 Å². The van der Waals surface area contributed by atoms with Crippen molar-refractivity contribution in [1.29, 1.82) is 0 Å². The number of carbonyl (C=O) groups excluding carboxylic acids is 1. The first kappa shape index (κ1) is 14.9. The molecule has 6 heteroatoms. The molecule has 1 aromatic carbocycles. The summed E-state index contributed by atoms with van der Waals surface area (Å²) < 4.78 is 12.2. The largest absolute Gasteiger partial charge is 0.493 e. The van der Waals surface area contributed by atoms with E-state index in [9.17, 15) is 4.79 Å². The monoisotopic (exact) mass is 289 g/mol. The van der Waals surface area contributed by atoms with E-state index in [4.69, 9.17) is 9.47 Å². The number of amides is 1. The summed E-state index contributed by atoms with van der Waals surface area (Å²) in [4.78, 5) is 12.4. The average molecular weight is 289 g/mol. The Hall–Kier alpha value is -2.50. The number of aryl methyl sites for hydroxylation is 1. The van der Waals surface area contributed by atoms with Gasteiger partial charge in [-0.05, 0) is 19.1 Å². The van der Waals surface area contributed by atoms with Crippen LogP contribution in [0.15, 0.2) is 30.6 Å². The summed E-state index contributed by atoms with van der Waals surface area (Å²) in [6.07, 6.45) is 3.60. The highest BCUT2D eigenvalue weighted by Gasteiger charge is 2.18. The van der Waals surface area contributed by atoms with Gasteiger partial charge in [-0.1, -0.05) is 6.07 Å². The van der Waals surface area contributed by atoms with Crippen molar-refractivity contribution in [1.82, 2.24) is 15.1 Å². The van der Waals surface area contributed by atoms with E-state index in [0.717, 1.165) is 5.56 Å². The van der Waals surface area contributed by atoms with Crippen LogP contribution in [0.4, 0.5) is 0 Å². The fourth-order valence-corrected chi connectivity index (χ4v) is 2.09. The van der Waals surface area contributed by atoms with E-state index in [0.29, 0.717) is 17.1 Å². The normalized spacial score (nSPS) is 11.8. The molecule has 2 aromatic rings. The third-order valence-corrected chi connectivity index (χ3v) is 3.22. The van der Waals surface area contributed by atoms with E-state index < -0.39 is 0 Å². The topological polar surface area (TPSA) is 65.4 Å². The summed E-state index contributed by atoms with van der Waals surface area (Å²) in [5, 5.41) is 7.02. The van der Waals surface area contributed by atoms with E-state index in [1.165, 1.54) is 14.2 Å². The Labute approximate surface area is 123 Å². The lowest BCUT2D eigenvalue weighted by molar-refractivity contribution is 0.0936. The number of hydrogen-bond acceptors (Lipinski definition) is 4. The number of hydrogen-bond donors (Lipinski definition) is 1. The van der Waals surface area contributed by atoms with Crippen molar-refractivity contribution in [3.05, 3.63) is 41.7 Å². The molecule has 0 saturated carbocycles. The van der Waals surface area contributed by atoms with Crippen LogP contribution in [0, 0.1) is 0 Å². The van der Waals surface area contributed by atoms with Gasteiger partial charge in [0.25, 0.3) is 5.91 Å². The number of ether oxygens (including phenoxy) is 2. The summed E-state index contributed by atoms with van der Waals surface area (Å²) >= 11 is 0. The number of para-hydroxylation sites is 1. The standard InChI is InChI=1S/C15H19N3O3/c1-10(11-8-16-18(2)9-11)17-15(19)12-6-5-7-13(20-3)14(12)21-4/h5-10H,1-4H3,(H,17,19)/t10-/m0/s1. The predicted octanol–water partition coefficient (Wildman–Crippen LogP) is 1.93. The first-order chi connectivity index (χ1) is 10.1. The van der Waals surface area contributed by atoms with Crippen LogP contribution < -0.4 is 14.8 Å². The highest BCUT2D eigenvalue weighted by Crippen LogP contribution is 2.30. The molecule has 0 aliphatic heterocycles. The molecule has 0 bridgehead atoms. The highest BCUT2D eigenvalue weighted by molar-refractivity contribution is 5.98. The van der Waals surface area contributed by atoms with Crippen molar-refractivity contribution < 1.29 is 14.3 Å². The minimum Gasteiger partial charge on any atom is -0.493 e. The predicted molar refractivity (Wildman–Crippen MR) is 78.6 cm³/mol. The lowest BCUT2D eigenvalue weighted by atomic mass is 10.1. The van der Waals surface area contributed by atoms with Crippen LogP contribution in [0.2, 0.25) is 0 Å². The molecule has 0 saturated heterocycles. The zero-order valence-electron chi connectivity index (χ0n) is 12.6. The Bertz CT molecular complexity index is 637. The van der Waals surface area contributed by atoms with E-state index in [1.807, 2.05) is 20.2 Å². The van der Waals surface area contributed by atoms with E-state index >= 15 is 0 Å². The number of benzene rings is 1. The SMILES string of the molecule is COc1cccc(C(=O)N[C@@H](C)c2cnn(C)c2)c1OC. The molecule has 112 valence electrons. The Balaban J connectivity index is 2.20. The first-order valence-corrected chi connectivity index (χ1v) is 6.57. The van der Waals surface area contributed by atoms with Crippen LogP contribution in [0.5, 0.6) is 11.5 Å². The maximum Gasteiger partial charge on any atom is 0.255 e. The van der Waals surface area contributed by atoms with Crippen LogP contribution in [-0.2, 0) is 7.05 Å². The quantitative estimate of drug-likeness (QED) is 0.913. The molecule has 1 N–H and O–H groups in total. The van der Waals surface area contributed by atoms with Gasteiger partial charge in [-0.15, -0.1) is 0 Å². The van der Waals surface area contributed by atoms with Gasteiger partial charge in [0, 0.05) is 18.8 Å². The van der Waals surface area contributed by atoms with Crippen LogP contribution in [-0.4, -0.2) is 29.9 Å². The number of methoxy groups -OCH3 is 2. The fourth-order valence-electron chi connectivity index (χ4n) is 2.09. The second-order valence-electron chi connectivity index (χ2n) is 4.68. The zero-order chi connectivity index (χ0) is 15.4. The molecule has 6 nitrogen and oxygen atoms in total. The van der Waals surface area contributed by atoms with Crippen molar-refractivity contribution in [3.63, 3.8) is 0 Å². The van der Waals surface area contributed by atoms with Gasteiger partial charge < -0.3 is 14.8 Å². The molecule has 0 fully saturated rings. The van der Waals surface area contributed by atoms with Gasteiger partial charge in [-0.25, -0.2) is 0 Å². The highest BCUT2D eigenvalue weighted by atomic mass is 16.5. The van der Waals surface area contributed by atoms with Crippen molar-refractivity contribution in [2.45, 2.75) is 13.0 Å². The summed E-state index contributed by atoms with van der Waals surface area (Å²) in [5.74, 6) is 0.733. The van der Waals surface area contributed by atoms with Crippen LogP contribution in [0.1, 0.15) is 28.9 Å². The molecule has 1 aromatic heterocycles. The molecular weight excluding hydrogens is 270 g/mol. The molecule has 2 rings (SSSR count). The van der Waals surface area contributed by atoms with Gasteiger partial charge >= 0.3 is 0 Å². The zero-order valence-corrected chi connectivity index (χ0v) is 12.6. The van der Waals surface area contributed by atoms with Gasteiger partial charge in [0.1, 0.15) is 0 Å². The second kappa shape index (κ2) is 6.30. The van der Waals surface area contributed by atoms with Gasteiger partial charge in [0.15, 0.2) is 11.5 Å². The molecule has 1 atom stereocenters. The molecule has 21 heavy (non-hydrogen) atoms. The van der Waals surface area contributed by atoms with E-state index in [2.05, 4.69) is 10.4 Å². The van der Waals surface area contributed by atoms with Crippen LogP contribution in [0.3, 0.4) is 0 Å².